The highest BCUT2D eigenvalue weighted by molar-refractivity contribution is 5.72. The van der Waals surface area contributed by atoms with Gasteiger partial charge in [0.25, 0.3) is 0 Å². The molecule has 0 fully saturated rings. The molecule has 2 N–H and O–H groups in total. The van der Waals surface area contributed by atoms with Gasteiger partial charge in [-0.15, -0.1) is 0 Å². The molecule has 0 saturated heterocycles. The zero-order valence-corrected chi connectivity index (χ0v) is 12.9. The predicted octanol–water partition coefficient (Wildman–Crippen LogP) is 2.91. The van der Waals surface area contributed by atoms with Crippen LogP contribution in [-0.4, -0.2) is 19.1 Å². The van der Waals surface area contributed by atoms with Crippen LogP contribution in [0.2, 0.25) is 0 Å². The summed E-state index contributed by atoms with van der Waals surface area (Å²) in [4.78, 5) is 11.9. The molecule has 0 aliphatic heterocycles. The van der Waals surface area contributed by atoms with E-state index in [4.69, 9.17) is 10.5 Å². The van der Waals surface area contributed by atoms with Gasteiger partial charge in [0.2, 0.25) is 0 Å². The van der Waals surface area contributed by atoms with Crippen LogP contribution in [0, 0.1) is 0 Å². The lowest BCUT2D eigenvalue weighted by molar-refractivity contribution is -0.142. The van der Waals surface area contributed by atoms with Gasteiger partial charge >= 0.3 is 5.97 Å². The summed E-state index contributed by atoms with van der Waals surface area (Å²) in [6.07, 6.45) is 2.31. The highest BCUT2D eigenvalue weighted by Gasteiger charge is 2.46. The smallest absolute Gasteiger partial charge is 0.306 e. The fourth-order valence-electron chi connectivity index (χ4n) is 3.46. The molecule has 3 heteroatoms. The van der Waals surface area contributed by atoms with Crippen LogP contribution in [0.4, 0.5) is 0 Å². The molecule has 20 heavy (non-hydrogen) atoms. The lowest BCUT2D eigenvalue weighted by Gasteiger charge is -2.47. The Kier molecular flexibility index (Phi) is 3.92. The molecule has 2 unspecified atom stereocenters. The van der Waals surface area contributed by atoms with Gasteiger partial charge in [0.15, 0.2) is 0 Å². The third-order valence-electron chi connectivity index (χ3n) is 4.95. The summed E-state index contributed by atoms with van der Waals surface area (Å²) in [6, 6.07) is 8.31. The van der Waals surface area contributed by atoms with Gasteiger partial charge in [0.1, 0.15) is 0 Å². The van der Waals surface area contributed by atoms with Crippen LogP contribution in [0.1, 0.15) is 51.2 Å². The first-order chi connectivity index (χ1) is 9.33. The van der Waals surface area contributed by atoms with E-state index in [1.807, 2.05) is 13.0 Å². The molecule has 0 radical (unpaired) electrons. The van der Waals surface area contributed by atoms with Gasteiger partial charge in [0.05, 0.1) is 13.5 Å². The van der Waals surface area contributed by atoms with Crippen LogP contribution in [0.25, 0.3) is 0 Å². The molecule has 1 aromatic carbocycles. The highest BCUT2D eigenvalue weighted by Crippen LogP contribution is 2.49. The van der Waals surface area contributed by atoms with Crippen molar-refractivity contribution in [2.24, 2.45) is 5.73 Å². The maximum absolute atomic E-state index is 11.9. The lowest BCUT2D eigenvalue weighted by atomic mass is 9.58. The van der Waals surface area contributed by atoms with E-state index in [0.29, 0.717) is 6.42 Å². The number of rotatable bonds is 3. The summed E-state index contributed by atoms with van der Waals surface area (Å²) in [7, 11) is 1.44. The maximum Gasteiger partial charge on any atom is 0.306 e. The number of fused-ring (bicyclic) bond motifs is 1. The number of nitrogens with two attached hydrogens (primary N) is 1. The first-order valence-electron chi connectivity index (χ1n) is 7.26. The molecule has 0 saturated carbocycles. The SMILES string of the molecule is COC(=O)CC1(C(C)N)CCC(C)(C)c2ccccc21. The van der Waals surface area contributed by atoms with Crippen molar-refractivity contribution in [2.45, 2.75) is 56.9 Å². The van der Waals surface area contributed by atoms with Crippen LogP contribution in [0.15, 0.2) is 24.3 Å². The van der Waals surface area contributed by atoms with Gasteiger partial charge in [-0.1, -0.05) is 38.1 Å². The minimum Gasteiger partial charge on any atom is -0.469 e. The van der Waals surface area contributed by atoms with Crippen LogP contribution in [-0.2, 0) is 20.4 Å². The molecule has 2 rings (SSSR count). The van der Waals surface area contributed by atoms with E-state index < -0.39 is 0 Å². The topological polar surface area (TPSA) is 52.3 Å². The van der Waals surface area contributed by atoms with Crippen LogP contribution in [0.5, 0.6) is 0 Å². The largest absolute Gasteiger partial charge is 0.469 e. The molecule has 1 aromatic rings. The van der Waals surface area contributed by atoms with Crippen LogP contribution in [0.3, 0.4) is 0 Å². The van der Waals surface area contributed by atoms with Gasteiger partial charge in [-0.3, -0.25) is 4.79 Å². The Morgan fingerprint density at radius 3 is 2.45 bits per heavy atom. The third kappa shape index (κ3) is 2.35. The van der Waals surface area contributed by atoms with E-state index in [9.17, 15) is 4.79 Å². The number of benzene rings is 1. The zero-order valence-electron chi connectivity index (χ0n) is 12.9. The molecular formula is C17H25NO2. The average molecular weight is 275 g/mol. The Morgan fingerprint density at radius 2 is 1.90 bits per heavy atom. The summed E-state index contributed by atoms with van der Waals surface area (Å²) < 4.78 is 4.90. The van der Waals surface area contributed by atoms with Crippen molar-refractivity contribution in [1.82, 2.24) is 0 Å². The van der Waals surface area contributed by atoms with E-state index in [0.717, 1.165) is 12.8 Å². The first-order valence-corrected chi connectivity index (χ1v) is 7.26. The highest BCUT2D eigenvalue weighted by atomic mass is 16.5. The van der Waals surface area contributed by atoms with Crippen molar-refractivity contribution in [3.05, 3.63) is 35.4 Å². The number of ether oxygens (including phenoxy) is 1. The van der Waals surface area contributed by atoms with Gasteiger partial charge in [-0.25, -0.2) is 0 Å². The standard InChI is InChI=1S/C17H25NO2/c1-12(18)17(11-15(19)20-4)10-9-16(2,3)13-7-5-6-8-14(13)17/h5-8,12H,9-11,18H2,1-4H3. The summed E-state index contributed by atoms with van der Waals surface area (Å²) in [5, 5.41) is 0. The monoisotopic (exact) mass is 275 g/mol. The van der Waals surface area contributed by atoms with E-state index in [1.54, 1.807) is 0 Å². The molecule has 0 bridgehead atoms. The van der Waals surface area contributed by atoms with Crippen molar-refractivity contribution < 1.29 is 9.53 Å². The molecule has 2 atom stereocenters. The molecule has 1 aliphatic carbocycles. The third-order valence-corrected chi connectivity index (χ3v) is 4.95. The number of hydrogen-bond donors (Lipinski definition) is 1. The Balaban J connectivity index is 2.57. The van der Waals surface area contributed by atoms with Crippen LogP contribution < -0.4 is 5.73 Å². The van der Waals surface area contributed by atoms with E-state index in [-0.39, 0.29) is 22.8 Å². The fraction of sp³-hybridized carbons (Fsp3) is 0.588. The summed E-state index contributed by atoms with van der Waals surface area (Å²) >= 11 is 0. The molecule has 3 nitrogen and oxygen atoms in total. The maximum atomic E-state index is 11.9. The van der Waals surface area contributed by atoms with E-state index in [1.165, 1.54) is 18.2 Å². The minimum absolute atomic E-state index is 0.0844. The molecule has 0 amide bonds. The second-order valence-corrected chi connectivity index (χ2v) is 6.63. The van der Waals surface area contributed by atoms with Gasteiger partial charge in [-0.05, 0) is 36.3 Å². The van der Waals surface area contributed by atoms with Crippen molar-refractivity contribution >= 4 is 5.97 Å². The molecule has 1 aliphatic rings. The van der Waals surface area contributed by atoms with Crippen LogP contribution >= 0.6 is 0 Å². The molecule has 0 aromatic heterocycles. The number of esters is 1. The van der Waals surface area contributed by atoms with Crippen molar-refractivity contribution in [3.8, 4) is 0 Å². The molecule has 110 valence electrons. The average Bonchev–Trinajstić information content (AvgIpc) is 2.42. The number of carbonyl (C=O) groups excluding carboxylic acids is 1. The van der Waals surface area contributed by atoms with Gasteiger partial charge in [-0.2, -0.15) is 0 Å². The van der Waals surface area contributed by atoms with Gasteiger partial charge in [0, 0.05) is 11.5 Å². The summed E-state index contributed by atoms with van der Waals surface area (Å²) in [5.74, 6) is -0.184. The fourth-order valence-corrected chi connectivity index (χ4v) is 3.46. The second kappa shape index (κ2) is 5.21. The lowest BCUT2D eigenvalue weighted by Crippen LogP contribution is -2.50. The van der Waals surface area contributed by atoms with E-state index in [2.05, 4.69) is 32.0 Å². The Hall–Kier alpha value is -1.35. The van der Waals surface area contributed by atoms with E-state index >= 15 is 0 Å². The second-order valence-electron chi connectivity index (χ2n) is 6.63. The minimum atomic E-state index is -0.306. The van der Waals surface area contributed by atoms with Crippen molar-refractivity contribution in [1.29, 1.82) is 0 Å². The number of methoxy groups -OCH3 is 1. The number of carbonyl (C=O) groups is 1. The van der Waals surface area contributed by atoms with Crippen molar-refractivity contribution in [2.75, 3.05) is 7.11 Å². The quantitative estimate of drug-likeness (QED) is 0.863. The first kappa shape index (κ1) is 15.0. The molecular weight excluding hydrogens is 250 g/mol. The summed E-state index contributed by atoms with van der Waals surface area (Å²) in [5.41, 5.74) is 8.66. The van der Waals surface area contributed by atoms with Gasteiger partial charge < -0.3 is 10.5 Å². The molecule has 0 heterocycles. The normalized spacial score (nSPS) is 25.6. The van der Waals surface area contributed by atoms with Crippen molar-refractivity contribution in [3.63, 3.8) is 0 Å². The Bertz CT molecular complexity index is 507. The Morgan fingerprint density at radius 1 is 1.30 bits per heavy atom. The zero-order chi connectivity index (χ0) is 15.0. The number of hydrogen-bond acceptors (Lipinski definition) is 3. The Labute approximate surface area is 121 Å². The predicted molar refractivity (Wildman–Crippen MR) is 80.7 cm³/mol. The summed E-state index contributed by atoms with van der Waals surface area (Å²) in [6.45, 7) is 6.52. The molecule has 0 spiro atoms.